The van der Waals surface area contributed by atoms with Gasteiger partial charge in [-0.15, -0.1) is 0 Å². The Morgan fingerprint density at radius 2 is 0.389 bits per heavy atom. The molecule has 0 spiro atoms. The van der Waals surface area contributed by atoms with Crippen LogP contribution in [-0.4, -0.2) is 75.5 Å². The average Bonchev–Trinajstić information content (AvgIpc) is 2.69. The van der Waals surface area contributed by atoms with Crippen molar-refractivity contribution in [2.75, 3.05) is 39.6 Å². The summed E-state index contributed by atoms with van der Waals surface area (Å²) in [5.41, 5.74) is 0. The average molecular weight is 529 g/mol. The van der Waals surface area contributed by atoms with Gasteiger partial charge in [-0.3, -0.25) is 28.8 Å². The molecule has 0 heterocycles. The topological polar surface area (TPSA) is 158 Å². The molecule has 0 bridgehead atoms. The minimum Gasteiger partial charge on any atom is -0.466 e. The summed E-state index contributed by atoms with van der Waals surface area (Å²) >= 11 is 0. The van der Waals surface area contributed by atoms with Crippen molar-refractivity contribution in [1.29, 1.82) is 0 Å². The number of esters is 6. The molecule has 0 aliphatic heterocycles. The quantitative estimate of drug-likeness (QED) is 0.366. The fourth-order valence-electron chi connectivity index (χ4n) is 1.22. The Labute approximate surface area is 216 Å². The van der Waals surface area contributed by atoms with Crippen LogP contribution in [0.5, 0.6) is 0 Å². The zero-order chi connectivity index (χ0) is 29.9. The van der Waals surface area contributed by atoms with Crippen LogP contribution in [0.15, 0.2) is 0 Å². The number of hydrogen-bond acceptors (Lipinski definition) is 12. The molecule has 36 heavy (non-hydrogen) atoms. The first kappa shape index (κ1) is 46.2. The second-order valence-electron chi connectivity index (χ2n) is 5.55. The van der Waals surface area contributed by atoms with E-state index in [1.54, 1.807) is 41.5 Å². The molecule has 12 heteroatoms. The Morgan fingerprint density at radius 3 is 0.389 bits per heavy atom. The zero-order valence-corrected chi connectivity index (χ0v) is 24.1. The van der Waals surface area contributed by atoms with Gasteiger partial charge in [0.1, 0.15) is 0 Å². The van der Waals surface area contributed by atoms with Crippen molar-refractivity contribution in [3.8, 4) is 0 Å². The van der Waals surface area contributed by atoms with Crippen molar-refractivity contribution in [1.82, 2.24) is 0 Å². The Morgan fingerprint density at radius 1 is 0.306 bits per heavy atom. The van der Waals surface area contributed by atoms with Gasteiger partial charge in [-0.1, -0.05) is 0 Å². The van der Waals surface area contributed by atoms with Crippen molar-refractivity contribution < 1.29 is 57.2 Å². The zero-order valence-electron chi connectivity index (χ0n) is 24.1. The summed E-state index contributed by atoms with van der Waals surface area (Å²) in [4.78, 5) is 58.9. The van der Waals surface area contributed by atoms with E-state index in [4.69, 9.17) is 0 Å². The number of hydrogen-bond donors (Lipinski definition) is 0. The highest BCUT2D eigenvalue weighted by Crippen LogP contribution is 1.72. The van der Waals surface area contributed by atoms with E-state index in [9.17, 15) is 28.8 Å². The summed E-state index contributed by atoms with van der Waals surface area (Å²) in [5.74, 6) is -1.26. The van der Waals surface area contributed by atoms with Gasteiger partial charge in [0.2, 0.25) is 0 Å². The van der Waals surface area contributed by atoms with Gasteiger partial charge in [-0.25, -0.2) is 0 Å². The van der Waals surface area contributed by atoms with E-state index in [0.29, 0.717) is 39.6 Å². The Balaban J connectivity index is -0.0000000750. The van der Waals surface area contributed by atoms with Crippen LogP contribution in [0.1, 0.15) is 83.1 Å². The van der Waals surface area contributed by atoms with Crippen molar-refractivity contribution >= 4 is 35.8 Å². The standard InChI is InChI=1S/6C4H8O2/c6*1-3-6-4(2)5/h6*3H2,1-2H3. The molecule has 0 aliphatic carbocycles. The lowest BCUT2D eigenvalue weighted by Crippen LogP contribution is -1.95. The summed E-state index contributed by atoms with van der Waals surface area (Å²) < 4.78 is 26.4. The number of carbonyl (C=O) groups excluding carboxylic acids is 6. The van der Waals surface area contributed by atoms with Gasteiger partial charge in [0, 0.05) is 41.5 Å². The molecule has 0 unspecified atom stereocenters. The van der Waals surface area contributed by atoms with E-state index in [1.807, 2.05) is 0 Å². The van der Waals surface area contributed by atoms with E-state index in [2.05, 4.69) is 28.4 Å². The van der Waals surface area contributed by atoms with Gasteiger partial charge >= 0.3 is 35.8 Å². The summed E-state index contributed by atoms with van der Waals surface area (Å²) in [6.45, 7) is 21.9. The predicted molar refractivity (Wildman–Crippen MR) is 134 cm³/mol. The van der Waals surface area contributed by atoms with E-state index in [1.165, 1.54) is 41.5 Å². The maximum absolute atomic E-state index is 9.82. The van der Waals surface area contributed by atoms with Gasteiger partial charge in [-0.05, 0) is 41.5 Å². The van der Waals surface area contributed by atoms with Crippen LogP contribution in [0.4, 0.5) is 0 Å². The summed E-state index contributed by atoms with van der Waals surface area (Å²) in [6.07, 6.45) is 0. The van der Waals surface area contributed by atoms with Crippen LogP contribution in [0.25, 0.3) is 0 Å². The minimum absolute atomic E-state index is 0.211. The normalized spacial score (nSPS) is 7.67. The van der Waals surface area contributed by atoms with Crippen LogP contribution in [0.2, 0.25) is 0 Å². The highest BCUT2D eigenvalue weighted by atomic mass is 16.5. The van der Waals surface area contributed by atoms with Crippen LogP contribution in [0.3, 0.4) is 0 Å². The molecule has 0 N–H and O–H groups in total. The molecule has 216 valence electrons. The summed E-state index contributed by atoms with van der Waals surface area (Å²) in [7, 11) is 0. The SMILES string of the molecule is CCOC(C)=O.CCOC(C)=O.CCOC(C)=O.CCOC(C)=O.CCOC(C)=O.CCOC(C)=O. The largest absolute Gasteiger partial charge is 0.466 e. The number of rotatable bonds is 6. The van der Waals surface area contributed by atoms with Crippen LogP contribution in [-0.2, 0) is 57.2 Å². The molecule has 0 aromatic heterocycles. The first-order valence-corrected chi connectivity index (χ1v) is 11.4. The van der Waals surface area contributed by atoms with Crippen LogP contribution in [0, 0.1) is 0 Å². The Bertz CT molecular complexity index is 421. The third-order valence-corrected chi connectivity index (χ3v) is 2.09. The first-order valence-electron chi connectivity index (χ1n) is 11.4. The number of ether oxygens (including phenoxy) is 6. The molecule has 0 fully saturated rings. The molecule has 0 atom stereocenters. The molecular weight excluding hydrogens is 480 g/mol. The molecule has 0 radical (unpaired) electrons. The lowest BCUT2D eigenvalue weighted by atomic mass is 10.8. The molecule has 0 aliphatic rings. The molecule has 12 nitrogen and oxygen atoms in total. The van der Waals surface area contributed by atoms with Crippen molar-refractivity contribution in [2.24, 2.45) is 0 Å². The molecule has 0 rings (SSSR count). The van der Waals surface area contributed by atoms with Crippen molar-refractivity contribution in [3.63, 3.8) is 0 Å². The predicted octanol–water partition coefficient (Wildman–Crippen LogP) is 3.42. The van der Waals surface area contributed by atoms with Gasteiger partial charge < -0.3 is 28.4 Å². The lowest BCUT2D eigenvalue weighted by Gasteiger charge is -1.89. The molecule has 0 saturated carbocycles. The fraction of sp³-hybridized carbons (Fsp3) is 0.750. The van der Waals surface area contributed by atoms with Gasteiger partial charge in [0.05, 0.1) is 39.6 Å². The number of carbonyl (C=O) groups is 6. The van der Waals surface area contributed by atoms with E-state index in [-0.39, 0.29) is 35.8 Å². The maximum Gasteiger partial charge on any atom is 0.302 e. The molecule has 0 aromatic rings. The second kappa shape index (κ2) is 42.0. The van der Waals surface area contributed by atoms with Crippen molar-refractivity contribution in [2.45, 2.75) is 83.1 Å². The molecule has 0 aromatic carbocycles. The van der Waals surface area contributed by atoms with Crippen LogP contribution < -0.4 is 0 Å². The lowest BCUT2D eigenvalue weighted by molar-refractivity contribution is -0.141. The Hall–Kier alpha value is -3.18. The molecule has 0 amide bonds. The summed E-state index contributed by atoms with van der Waals surface area (Å²) in [6, 6.07) is 0. The third kappa shape index (κ3) is 125. The highest BCUT2D eigenvalue weighted by molar-refractivity contribution is 5.67. The smallest absolute Gasteiger partial charge is 0.302 e. The van der Waals surface area contributed by atoms with Gasteiger partial charge in [-0.2, -0.15) is 0 Å². The van der Waals surface area contributed by atoms with Crippen LogP contribution >= 0.6 is 0 Å². The Kier molecular flexibility index (Phi) is 53.9. The van der Waals surface area contributed by atoms with E-state index < -0.39 is 0 Å². The third-order valence-electron chi connectivity index (χ3n) is 2.09. The maximum atomic E-state index is 9.82. The fourth-order valence-corrected chi connectivity index (χ4v) is 1.22. The molecule has 0 saturated heterocycles. The van der Waals surface area contributed by atoms with E-state index >= 15 is 0 Å². The van der Waals surface area contributed by atoms with E-state index in [0.717, 1.165) is 0 Å². The minimum atomic E-state index is -0.211. The van der Waals surface area contributed by atoms with Gasteiger partial charge in [0.25, 0.3) is 0 Å². The van der Waals surface area contributed by atoms with Crippen molar-refractivity contribution in [3.05, 3.63) is 0 Å². The van der Waals surface area contributed by atoms with Gasteiger partial charge in [0.15, 0.2) is 0 Å². The highest BCUT2D eigenvalue weighted by Gasteiger charge is 1.84. The monoisotopic (exact) mass is 528 g/mol. The second-order valence-corrected chi connectivity index (χ2v) is 5.55. The first-order chi connectivity index (χ1) is 16.6. The summed E-state index contributed by atoms with van der Waals surface area (Å²) in [5, 5.41) is 0. The molecular formula is C24H48O12.